The van der Waals surface area contributed by atoms with Crippen LogP contribution < -0.4 is 0 Å². The van der Waals surface area contributed by atoms with Crippen molar-refractivity contribution in [2.75, 3.05) is 26.7 Å². The first-order chi connectivity index (χ1) is 10.5. The summed E-state index contributed by atoms with van der Waals surface area (Å²) < 4.78 is 0. The maximum atomic E-state index is 12.0. The predicted octanol–water partition coefficient (Wildman–Crippen LogP) is 1.98. The zero-order valence-electron chi connectivity index (χ0n) is 13.5. The minimum atomic E-state index is -0.190. The molecule has 2 amide bonds. The molecule has 0 aromatic heterocycles. The molecule has 0 N–H and O–H groups in total. The fourth-order valence-corrected chi connectivity index (χ4v) is 2.15. The quantitative estimate of drug-likeness (QED) is 0.690. The van der Waals surface area contributed by atoms with E-state index in [4.69, 9.17) is 0 Å². The van der Waals surface area contributed by atoms with E-state index < -0.39 is 0 Å². The Balaban J connectivity index is 2.45. The second kappa shape index (κ2) is 8.97. The van der Waals surface area contributed by atoms with E-state index in [0.29, 0.717) is 18.7 Å². The molecule has 0 fully saturated rings. The first-order valence-corrected chi connectivity index (χ1v) is 7.59. The summed E-state index contributed by atoms with van der Waals surface area (Å²) in [5, 5.41) is 0. The Morgan fingerprint density at radius 1 is 0.909 bits per heavy atom. The van der Waals surface area contributed by atoms with E-state index in [1.165, 1.54) is 4.90 Å². The number of benzene rings is 1. The molecule has 0 aliphatic heterocycles. The number of amides is 2. The van der Waals surface area contributed by atoms with Crippen LogP contribution in [-0.2, 0) is 9.59 Å². The summed E-state index contributed by atoms with van der Waals surface area (Å²) >= 11 is 0. The molecule has 5 heteroatoms. The van der Waals surface area contributed by atoms with Crippen LogP contribution in [0.5, 0.6) is 0 Å². The average molecular weight is 304 g/mol. The van der Waals surface area contributed by atoms with Crippen molar-refractivity contribution in [2.45, 2.75) is 26.7 Å². The van der Waals surface area contributed by atoms with Crippen LogP contribution in [0.3, 0.4) is 0 Å². The molecule has 1 aromatic rings. The SMILES string of the molecule is CCN(CC)C(=O)CN(C)C(=O)CCC(=O)c1ccccc1. The first-order valence-electron chi connectivity index (χ1n) is 7.59. The minimum absolute atomic E-state index is 0.0556. The maximum Gasteiger partial charge on any atom is 0.242 e. The highest BCUT2D eigenvalue weighted by atomic mass is 16.2. The fraction of sp³-hybridized carbons (Fsp3) is 0.471. The van der Waals surface area contributed by atoms with Gasteiger partial charge < -0.3 is 9.80 Å². The van der Waals surface area contributed by atoms with Gasteiger partial charge in [-0.05, 0) is 13.8 Å². The Kier molecular flexibility index (Phi) is 7.29. The summed E-state index contributed by atoms with van der Waals surface area (Å²) in [4.78, 5) is 39.0. The first kappa shape index (κ1) is 17.9. The highest BCUT2D eigenvalue weighted by molar-refractivity contribution is 5.98. The molecule has 0 heterocycles. The number of ketones is 1. The van der Waals surface area contributed by atoms with E-state index in [2.05, 4.69) is 0 Å². The Hall–Kier alpha value is -2.17. The molecule has 0 unspecified atom stereocenters. The normalized spacial score (nSPS) is 10.1. The van der Waals surface area contributed by atoms with Crippen LogP contribution in [0.15, 0.2) is 30.3 Å². The van der Waals surface area contributed by atoms with E-state index in [1.54, 1.807) is 36.2 Å². The standard InChI is InChI=1S/C17H24N2O3/c1-4-19(5-2)17(22)13-18(3)16(21)12-11-15(20)14-9-7-6-8-10-14/h6-10H,4-5,11-13H2,1-3H3. The smallest absolute Gasteiger partial charge is 0.242 e. The van der Waals surface area contributed by atoms with Crippen LogP contribution >= 0.6 is 0 Å². The second-order valence-electron chi connectivity index (χ2n) is 5.11. The Morgan fingerprint density at radius 3 is 2.05 bits per heavy atom. The maximum absolute atomic E-state index is 12.0. The van der Waals surface area contributed by atoms with Gasteiger partial charge in [-0.1, -0.05) is 30.3 Å². The minimum Gasteiger partial charge on any atom is -0.342 e. The molecule has 120 valence electrons. The zero-order valence-corrected chi connectivity index (χ0v) is 13.5. The average Bonchev–Trinajstić information content (AvgIpc) is 2.54. The lowest BCUT2D eigenvalue weighted by Gasteiger charge is -2.23. The summed E-state index contributed by atoms with van der Waals surface area (Å²) in [6.45, 7) is 5.12. The van der Waals surface area contributed by atoms with Gasteiger partial charge in [0, 0.05) is 38.5 Å². The van der Waals surface area contributed by atoms with Gasteiger partial charge in [-0.3, -0.25) is 14.4 Å². The van der Waals surface area contributed by atoms with Crippen molar-refractivity contribution in [2.24, 2.45) is 0 Å². The Labute approximate surface area is 131 Å². The van der Waals surface area contributed by atoms with Crippen LogP contribution in [0, 0.1) is 0 Å². The number of rotatable bonds is 8. The predicted molar refractivity (Wildman–Crippen MR) is 85.6 cm³/mol. The van der Waals surface area contributed by atoms with Crippen LogP contribution in [-0.4, -0.2) is 54.1 Å². The lowest BCUT2D eigenvalue weighted by Crippen LogP contribution is -2.41. The van der Waals surface area contributed by atoms with Gasteiger partial charge in [0.15, 0.2) is 5.78 Å². The molecule has 1 aromatic carbocycles. The molecule has 0 aliphatic carbocycles. The molecule has 0 aliphatic rings. The topological polar surface area (TPSA) is 57.7 Å². The van der Waals surface area contributed by atoms with E-state index in [0.717, 1.165) is 0 Å². The summed E-state index contributed by atoms with van der Waals surface area (Å²) in [5.74, 6) is -0.322. The number of carbonyl (C=O) groups excluding carboxylic acids is 3. The number of hydrogen-bond donors (Lipinski definition) is 0. The van der Waals surface area contributed by atoms with Crippen LogP contribution in [0.1, 0.15) is 37.0 Å². The molecule has 0 saturated heterocycles. The van der Waals surface area contributed by atoms with Crippen molar-refractivity contribution in [1.29, 1.82) is 0 Å². The van der Waals surface area contributed by atoms with E-state index in [9.17, 15) is 14.4 Å². The van der Waals surface area contributed by atoms with Crippen LogP contribution in [0.2, 0.25) is 0 Å². The van der Waals surface area contributed by atoms with E-state index in [1.807, 2.05) is 19.9 Å². The summed E-state index contributed by atoms with van der Waals surface area (Å²) in [6, 6.07) is 8.91. The molecule has 0 radical (unpaired) electrons. The van der Waals surface area contributed by atoms with E-state index in [-0.39, 0.29) is 37.0 Å². The van der Waals surface area contributed by atoms with Gasteiger partial charge in [0.2, 0.25) is 11.8 Å². The molecule has 1 rings (SSSR count). The molecule has 0 atom stereocenters. The van der Waals surface area contributed by atoms with Crippen molar-refractivity contribution in [3.63, 3.8) is 0 Å². The van der Waals surface area contributed by atoms with Crippen molar-refractivity contribution in [1.82, 2.24) is 9.80 Å². The number of likely N-dealkylation sites (N-methyl/N-ethyl adjacent to an activating group) is 2. The number of Topliss-reactive ketones (excluding diaryl/α,β-unsaturated/α-hetero) is 1. The van der Waals surface area contributed by atoms with Gasteiger partial charge in [0.25, 0.3) is 0 Å². The molecule has 22 heavy (non-hydrogen) atoms. The van der Waals surface area contributed by atoms with Crippen molar-refractivity contribution >= 4 is 17.6 Å². The Morgan fingerprint density at radius 2 is 1.50 bits per heavy atom. The largest absolute Gasteiger partial charge is 0.342 e. The fourth-order valence-electron chi connectivity index (χ4n) is 2.15. The highest BCUT2D eigenvalue weighted by Gasteiger charge is 2.17. The lowest BCUT2D eigenvalue weighted by molar-refractivity contribution is -0.139. The molecule has 0 saturated carbocycles. The van der Waals surface area contributed by atoms with Gasteiger partial charge in [-0.15, -0.1) is 0 Å². The van der Waals surface area contributed by atoms with Gasteiger partial charge in [-0.2, -0.15) is 0 Å². The van der Waals surface area contributed by atoms with Gasteiger partial charge in [0.05, 0.1) is 6.54 Å². The number of carbonyl (C=O) groups is 3. The summed E-state index contributed by atoms with van der Waals surface area (Å²) in [5.41, 5.74) is 0.608. The Bertz CT molecular complexity index is 510. The van der Waals surface area contributed by atoms with E-state index >= 15 is 0 Å². The van der Waals surface area contributed by atoms with Crippen molar-refractivity contribution in [3.05, 3.63) is 35.9 Å². The second-order valence-corrected chi connectivity index (χ2v) is 5.11. The van der Waals surface area contributed by atoms with Crippen molar-refractivity contribution < 1.29 is 14.4 Å². The summed E-state index contributed by atoms with van der Waals surface area (Å²) in [7, 11) is 1.59. The molecular formula is C17H24N2O3. The zero-order chi connectivity index (χ0) is 16.5. The molecular weight excluding hydrogens is 280 g/mol. The third-order valence-corrected chi connectivity index (χ3v) is 3.58. The van der Waals surface area contributed by atoms with Crippen LogP contribution in [0.25, 0.3) is 0 Å². The van der Waals surface area contributed by atoms with Gasteiger partial charge >= 0.3 is 0 Å². The molecule has 0 spiro atoms. The van der Waals surface area contributed by atoms with Crippen molar-refractivity contribution in [3.8, 4) is 0 Å². The third kappa shape index (κ3) is 5.31. The third-order valence-electron chi connectivity index (χ3n) is 3.58. The molecule has 0 bridgehead atoms. The number of nitrogens with zero attached hydrogens (tertiary/aromatic N) is 2. The van der Waals surface area contributed by atoms with Gasteiger partial charge in [0.1, 0.15) is 0 Å². The summed E-state index contributed by atoms with van der Waals surface area (Å²) in [6.07, 6.45) is 0.280. The van der Waals surface area contributed by atoms with Crippen LogP contribution in [0.4, 0.5) is 0 Å². The lowest BCUT2D eigenvalue weighted by atomic mass is 10.1. The van der Waals surface area contributed by atoms with Gasteiger partial charge in [-0.25, -0.2) is 0 Å². The number of hydrogen-bond acceptors (Lipinski definition) is 3. The highest BCUT2D eigenvalue weighted by Crippen LogP contribution is 2.06. The molecule has 5 nitrogen and oxygen atoms in total. The monoisotopic (exact) mass is 304 g/mol.